The molecule has 0 spiro atoms. The van der Waals surface area contributed by atoms with Crippen LogP contribution in [0.4, 0.5) is 4.79 Å². The molecule has 0 radical (unpaired) electrons. The van der Waals surface area contributed by atoms with Gasteiger partial charge in [-0.2, -0.15) is 8.42 Å². The van der Waals surface area contributed by atoms with E-state index in [1.165, 1.54) is 43.5 Å². The van der Waals surface area contributed by atoms with Gasteiger partial charge in [0.25, 0.3) is 11.1 Å². The molecule has 13 heteroatoms. The second-order valence-electron chi connectivity index (χ2n) is 6.26. The van der Waals surface area contributed by atoms with Gasteiger partial charge in [-0.05, 0) is 82.4 Å². The number of thioether (sulfide) groups is 1. The van der Waals surface area contributed by atoms with Crippen molar-refractivity contribution in [1.29, 1.82) is 0 Å². The third kappa shape index (κ3) is 5.36. The Bertz CT molecular complexity index is 1250. The molecule has 1 heterocycles. The van der Waals surface area contributed by atoms with Gasteiger partial charge in [-0.25, -0.2) is 0 Å². The second-order valence-corrected chi connectivity index (χ2v) is 10.4. The van der Waals surface area contributed by atoms with Crippen molar-refractivity contribution in [1.82, 2.24) is 4.90 Å². The third-order valence-corrected chi connectivity index (χ3v) is 7.23. The fraction of sp³-hybridized carbons (Fsp3) is 0.105. The topological polar surface area (TPSA) is 133 Å². The molecule has 2 aromatic carbocycles. The number of primary amides is 1. The molecule has 1 fully saturated rings. The summed E-state index contributed by atoms with van der Waals surface area (Å²) in [6.07, 6.45) is 1.42. The Morgan fingerprint density at radius 3 is 2.50 bits per heavy atom. The molecule has 2 N–H and O–H groups in total. The quantitative estimate of drug-likeness (QED) is 0.288. The lowest BCUT2D eigenvalue weighted by Gasteiger charge is -2.13. The predicted molar refractivity (Wildman–Crippen MR) is 127 cm³/mol. The van der Waals surface area contributed by atoms with Crippen LogP contribution >= 0.6 is 46.0 Å². The number of carbonyl (C=O) groups excluding carboxylic acids is 3. The fourth-order valence-electron chi connectivity index (χ4n) is 2.61. The maximum atomic E-state index is 12.6. The van der Waals surface area contributed by atoms with Gasteiger partial charge in [0.05, 0.1) is 15.6 Å². The van der Waals surface area contributed by atoms with E-state index in [1.807, 2.05) is 22.6 Å². The monoisotopic (exact) mass is 608 g/mol. The van der Waals surface area contributed by atoms with Crippen LogP contribution in [-0.2, 0) is 19.7 Å². The smallest absolute Gasteiger partial charge is 0.339 e. The lowest BCUT2D eigenvalue weighted by Crippen LogP contribution is -2.36. The Hall–Kier alpha value is -2.29. The van der Waals surface area contributed by atoms with E-state index < -0.39 is 33.7 Å². The average Bonchev–Trinajstić information content (AvgIpc) is 2.97. The molecule has 1 saturated heterocycles. The first-order valence-corrected chi connectivity index (χ1v) is 12.3. The number of nitrogens with zero attached hydrogens (tertiary/aromatic N) is 1. The summed E-state index contributed by atoms with van der Waals surface area (Å²) in [4.78, 5) is 36.2. The number of carbonyl (C=O) groups is 3. The van der Waals surface area contributed by atoms with Gasteiger partial charge >= 0.3 is 10.1 Å². The third-order valence-electron chi connectivity index (χ3n) is 4.03. The zero-order valence-corrected chi connectivity index (χ0v) is 20.7. The van der Waals surface area contributed by atoms with E-state index in [9.17, 15) is 22.8 Å². The van der Waals surface area contributed by atoms with Crippen LogP contribution in [0, 0.1) is 3.57 Å². The predicted octanol–water partition coefficient (Wildman–Crippen LogP) is 3.24. The Morgan fingerprint density at radius 1 is 1.25 bits per heavy atom. The van der Waals surface area contributed by atoms with Crippen LogP contribution in [0.15, 0.2) is 46.2 Å². The van der Waals surface area contributed by atoms with E-state index >= 15 is 0 Å². The van der Waals surface area contributed by atoms with E-state index in [2.05, 4.69) is 0 Å². The summed E-state index contributed by atoms with van der Waals surface area (Å²) in [5.41, 5.74) is 5.52. The zero-order chi connectivity index (χ0) is 23.6. The highest BCUT2D eigenvalue weighted by atomic mass is 127. The molecule has 0 unspecified atom stereocenters. The zero-order valence-electron chi connectivity index (χ0n) is 16.2. The number of benzene rings is 2. The molecule has 1 aliphatic rings. The fourth-order valence-corrected chi connectivity index (χ4v) is 5.41. The molecular formula is C19H14ClIN2O7S2. The van der Waals surface area contributed by atoms with Crippen LogP contribution in [0.2, 0.25) is 5.02 Å². The molecule has 9 nitrogen and oxygen atoms in total. The molecule has 0 atom stereocenters. The first-order valence-electron chi connectivity index (χ1n) is 8.63. The molecule has 0 aromatic heterocycles. The highest BCUT2D eigenvalue weighted by molar-refractivity contribution is 14.1. The number of ether oxygens (including phenoxy) is 1. The number of halogens is 2. The van der Waals surface area contributed by atoms with Gasteiger partial charge in [0, 0.05) is 5.02 Å². The van der Waals surface area contributed by atoms with Gasteiger partial charge in [0.1, 0.15) is 11.4 Å². The number of nitrogens with two attached hydrogens (primary N) is 1. The maximum Gasteiger partial charge on any atom is 0.339 e. The Kier molecular flexibility index (Phi) is 7.37. The van der Waals surface area contributed by atoms with Gasteiger partial charge in [-0.1, -0.05) is 11.6 Å². The molecule has 0 bridgehead atoms. The molecular weight excluding hydrogens is 595 g/mol. The van der Waals surface area contributed by atoms with Crippen molar-refractivity contribution in [2.75, 3.05) is 13.7 Å². The lowest BCUT2D eigenvalue weighted by molar-refractivity contribution is -0.127. The van der Waals surface area contributed by atoms with Gasteiger partial charge in [0.15, 0.2) is 11.5 Å². The minimum atomic E-state index is -4.17. The highest BCUT2D eigenvalue weighted by Crippen LogP contribution is 2.38. The second kappa shape index (κ2) is 9.68. The first kappa shape index (κ1) is 24.4. The Morgan fingerprint density at radius 2 is 1.91 bits per heavy atom. The van der Waals surface area contributed by atoms with Crippen LogP contribution < -0.4 is 14.7 Å². The van der Waals surface area contributed by atoms with Crippen molar-refractivity contribution < 1.29 is 31.7 Å². The number of imide groups is 1. The molecule has 2 aromatic rings. The van der Waals surface area contributed by atoms with E-state index in [1.54, 1.807) is 6.07 Å². The number of hydrogen-bond donors (Lipinski definition) is 1. The molecule has 3 amide bonds. The van der Waals surface area contributed by atoms with Crippen molar-refractivity contribution in [3.05, 3.63) is 55.5 Å². The largest absolute Gasteiger partial charge is 0.493 e. The summed E-state index contributed by atoms with van der Waals surface area (Å²) in [5, 5.41) is -0.239. The van der Waals surface area contributed by atoms with Crippen LogP contribution in [-0.4, -0.2) is 44.0 Å². The van der Waals surface area contributed by atoms with Gasteiger partial charge in [-0.15, -0.1) is 0 Å². The summed E-state index contributed by atoms with van der Waals surface area (Å²) in [5.74, 6) is -1.41. The minimum Gasteiger partial charge on any atom is -0.493 e. The van der Waals surface area contributed by atoms with Crippen molar-refractivity contribution in [3.8, 4) is 11.5 Å². The van der Waals surface area contributed by atoms with Gasteiger partial charge < -0.3 is 14.7 Å². The van der Waals surface area contributed by atoms with E-state index in [4.69, 9.17) is 26.3 Å². The summed E-state index contributed by atoms with van der Waals surface area (Å²) in [6, 6.07) is 8.48. The summed E-state index contributed by atoms with van der Waals surface area (Å²) in [6.45, 7) is -0.516. The molecule has 168 valence electrons. The normalized spacial score (nSPS) is 15.3. The molecule has 0 aliphatic carbocycles. The van der Waals surface area contributed by atoms with E-state index in [0.29, 0.717) is 25.9 Å². The lowest BCUT2D eigenvalue weighted by atomic mass is 10.2. The summed E-state index contributed by atoms with van der Waals surface area (Å²) >= 11 is 8.33. The minimum absolute atomic E-state index is 0.0398. The van der Waals surface area contributed by atoms with Crippen molar-refractivity contribution in [2.24, 2.45) is 5.73 Å². The average molecular weight is 609 g/mol. The van der Waals surface area contributed by atoms with E-state index in [-0.39, 0.29) is 21.3 Å². The van der Waals surface area contributed by atoms with Crippen LogP contribution in [0.3, 0.4) is 0 Å². The van der Waals surface area contributed by atoms with Crippen LogP contribution in [0.5, 0.6) is 11.5 Å². The molecule has 3 rings (SSSR count). The van der Waals surface area contributed by atoms with E-state index in [0.717, 1.165) is 4.90 Å². The van der Waals surface area contributed by atoms with Crippen molar-refractivity contribution in [3.63, 3.8) is 0 Å². The number of rotatable bonds is 7. The SMILES string of the molecule is COc1cc(/C=C2\SC(=O)N(CC(N)=O)C2=O)cc(I)c1OS(=O)(=O)c1ccc(Cl)cc1. The molecule has 32 heavy (non-hydrogen) atoms. The maximum absolute atomic E-state index is 12.6. The standard InChI is InChI=1S/C19H14ClIN2O7S2/c1-29-14-7-10(8-15-18(25)23(9-16(22)24)19(26)31-15)6-13(21)17(14)30-32(27,28)12-4-2-11(20)3-5-12/h2-8H,9H2,1H3,(H2,22,24)/b15-8-. The van der Waals surface area contributed by atoms with Gasteiger partial charge in [-0.3, -0.25) is 19.3 Å². The summed E-state index contributed by atoms with van der Waals surface area (Å²) in [7, 11) is -2.84. The highest BCUT2D eigenvalue weighted by Gasteiger charge is 2.36. The van der Waals surface area contributed by atoms with Crippen LogP contribution in [0.1, 0.15) is 5.56 Å². The number of hydrogen-bond acceptors (Lipinski definition) is 8. The number of methoxy groups -OCH3 is 1. The summed E-state index contributed by atoms with van der Waals surface area (Å²) < 4.78 is 36.2. The van der Waals surface area contributed by atoms with Crippen molar-refractivity contribution >= 4 is 79.2 Å². The molecule has 0 saturated carbocycles. The van der Waals surface area contributed by atoms with Crippen molar-refractivity contribution in [2.45, 2.75) is 4.90 Å². The van der Waals surface area contributed by atoms with Gasteiger partial charge in [0.2, 0.25) is 5.91 Å². The first-order chi connectivity index (χ1) is 15.0. The Labute approximate surface area is 206 Å². The molecule has 1 aliphatic heterocycles. The Balaban J connectivity index is 1.93. The number of amides is 3. The van der Waals surface area contributed by atoms with Crippen LogP contribution in [0.25, 0.3) is 6.08 Å².